The maximum atomic E-state index is 11.0. The summed E-state index contributed by atoms with van der Waals surface area (Å²) in [7, 11) is 0.879. The molecule has 0 heterocycles. The predicted molar refractivity (Wildman–Crippen MR) is 53.7 cm³/mol. The van der Waals surface area contributed by atoms with Gasteiger partial charge in [-0.15, -0.1) is 0 Å². The van der Waals surface area contributed by atoms with Crippen molar-refractivity contribution in [3.8, 4) is 0 Å². The molecular weight excluding hydrogens is 220 g/mol. The Morgan fingerprint density at radius 2 is 1.50 bits per heavy atom. The van der Waals surface area contributed by atoms with E-state index in [0.717, 1.165) is 5.56 Å². The van der Waals surface area contributed by atoms with Crippen LogP contribution in [0.5, 0.6) is 0 Å². The van der Waals surface area contributed by atoms with Crippen molar-refractivity contribution in [2.24, 2.45) is 0 Å². The van der Waals surface area contributed by atoms with Crippen LogP contribution in [0, 0.1) is 10.7 Å². The van der Waals surface area contributed by atoms with Crippen LogP contribution in [0.15, 0.2) is 29.2 Å². The largest absolute Gasteiger partial charge is 0.409 e. The van der Waals surface area contributed by atoms with Crippen LogP contribution in [-0.2, 0) is 14.5 Å². The Kier molecular flexibility index (Phi) is 2.93. The molecule has 1 aromatic carbocycles. The summed E-state index contributed by atoms with van der Waals surface area (Å²) in [5, 5.41) is 0. The average Bonchev–Trinajstić information content (AvgIpc) is 2.01. The molecule has 0 spiro atoms. The fraction of sp³-hybridized carbons (Fsp3) is 0.400. The van der Waals surface area contributed by atoms with Crippen LogP contribution in [0.2, 0.25) is 0 Å². The monoisotopic (exact) mass is 233 g/mol. The minimum atomic E-state index is -3.48. The molecule has 0 aliphatic heterocycles. The number of hydrogen-bond donors (Lipinski definition) is 0. The lowest BCUT2D eigenvalue weighted by Crippen LogP contribution is -2.11. The lowest BCUT2D eigenvalue weighted by molar-refractivity contribution is -0.164. The van der Waals surface area contributed by atoms with Gasteiger partial charge < -0.3 is 0 Å². The molecule has 0 amide bonds. The van der Waals surface area contributed by atoms with E-state index in [0.29, 0.717) is 0 Å². The van der Waals surface area contributed by atoms with E-state index in [-0.39, 0.29) is 10.3 Å². The Morgan fingerprint density at radius 3 is 1.79 bits per heavy atom. The highest BCUT2D eigenvalue weighted by atomic mass is 35.7. The van der Waals surface area contributed by atoms with Gasteiger partial charge >= 0.3 is 9.05 Å². The molecule has 2 nitrogen and oxygen atoms in total. The Hall–Kier alpha value is -0.540. The maximum Gasteiger partial charge on any atom is 0.409 e. The fourth-order valence-electron chi connectivity index (χ4n) is 1.12. The maximum absolute atomic E-state index is 11.0. The molecule has 0 aliphatic carbocycles. The van der Waals surface area contributed by atoms with E-state index in [9.17, 15) is 8.42 Å². The van der Waals surface area contributed by atoms with Crippen molar-refractivity contribution in [3.63, 3.8) is 0 Å². The standard InChI is InChI=1S/C10H14ClO2S/c1-10(2,3)8-4-6-9(7-5-8)14(11,12)13/h4-7,11H,1-3H3/q+1. The first kappa shape index (κ1) is 11.5. The van der Waals surface area contributed by atoms with E-state index in [1.54, 1.807) is 24.3 Å². The number of hydrogen-bond acceptors (Lipinski definition) is 2. The van der Waals surface area contributed by atoms with E-state index >= 15 is 0 Å². The van der Waals surface area contributed by atoms with Crippen molar-refractivity contribution < 1.29 is 19.1 Å². The molecule has 0 atom stereocenters. The number of rotatable bonds is 1. The molecule has 0 N–H and O–H groups in total. The second-order valence-corrected chi connectivity index (χ2v) is 6.92. The van der Waals surface area contributed by atoms with Gasteiger partial charge in [-0.05, 0) is 23.1 Å². The van der Waals surface area contributed by atoms with Gasteiger partial charge in [0, 0.05) is 0 Å². The Balaban J connectivity index is 3.14. The van der Waals surface area contributed by atoms with Gasteiger partial charge in [0.2, 0.25) is 0 Å². The minimum absolute atomic E-state index is 0.0315. The molecule has 4 heteroatoms. The zero-order chi connectivity index (χ0) is 11.0. The topological polar surface area (TPSA) is 34.1 Å². The van der Waals surface area contributed by atoms with Crippen LogP contribution in [0.4, 0.5) is 0 Å². The minimum Gasteiger partial charge on any atom is -0.163 e. The zero-order valence-corrected chi connectivity index (χ0v) is 10.1. The van der Waals surface area contributed by atoms with E-state index < -0.39 is 9.05 Å². The summed E-state index contributed by atoms with van der Waals surface area (Å²) in [4.78, 5) is 0.195. The quantitative estimate of drug-likeness (QED) is 0.695. The van der Waals surface area contributed by atoms with Gasteiger partial charge in [-0.1, -0.05) is 32.9 Å². The van der Waals surface area contributed by atoms with Crippen LogP contribution < -0.4 is 0 Å². The molecule has 0 aromatic heterocycles. The predicted octanol–water partition coefficient (Wildman–Crippen LogP) is 1.95. The van der Waals surface area contributed by atoms with Crippen LogP contribution in [0.25, 0.3) is 0 Å². The highest BCUT2D eigenvalue weighted by Gasteiger charge is 2.19. The van der Waals surface area contributed by atoms with Gasteiger partial charge in [-0.3, -0.25) is 0 Å². The molecular formula is C10H14ClO2S+. The molecule has 1 aromatic rings. The highest BCUT2D eigenvalue weighted by molar-refractivity contribution is 7.84. The molecule has 14 heavy (non-hydrogen) atoms. The normalized spacial score (nSPS) is 12.9. The molecule has 0 saturated carbocycles. The van der Waals surface area contributed by atoms with Crippen molar-refractivity contribution in [2.45, 2.75) is 31.1 Å². The SMILES string of the molecule is CC(C)(C)c1ccc(S(=O)(=O)[ClH+])cc1. The van der Waals surface area contributed by atoms with Crippen LogP contribution in [-0.4, -0.2) is 8.42 Å². The van der Waals surface area contributed by atoms with Crippen LogP contribution in [0.1, 0.15) is 26.3 Å². The van der Waals surface area contributed by atoms with Gasteiger partial charge in [0.05, 0.1) is 0 Å². The van der Waals surface area contributed by atoms with Gasteiger partial charge in [-0.25, -0.2) is 0 Å². The lowest BCUT2D eigenvalue weighted by atomic mass is 9.87. The average molecular weight is 234 g/mol. The summed E-state index contributed by atoms with van der Waals surface area (Å²) < 4.78 is 22.0. The third kappa shape index (κ3) is 2.72. The van der Waals surface area contributed by atoms with E-state index in [4.69, 9.17) is 0 Å². The first-order valence-electron chi connectivity index (χ1n) is 4.28. The van der Waals surface area contributed by atoms with Crippen molar-refractivity contribution in [3.05, 3.63) is 29.8 Å². The Labute approximate surface area is 89.3 Å². The third-order valence-electron chi connectivity index (χ3n) is 2.01. The van der Waals surface area contributed by atoms with E-state index in [1.807, 2.05) is 0 Å². The molecule has 0 unspecified atom stereocenters. The molecule has 0 saturated heterocycles. The summed E-state index contributed by atoms with van der Waals surface area (Å²) in [5.41, 5.74) is 1.13. The summed E-state index contributed by atoms with van der Waals surface area (Å²) in [6.45, 7) is 6.22. The van der Waals surface area contributed by atoms with E-state index in [1.165, 1.54) is 0 Å². The summed E-state index contributed by atoms with van der Waals surface area (Å²) in [6.07, 6.45) is 0. The second-order valence-electron chi connectivity index (χ2n) is 4.23. The molecule has 1 rings (SSSR count). The Bertz CT molecular complexity index is 412. The van der Waals surface area contributed by atoms with Crippen LogP contribution >= 0.6 is 0 Å². The lowest BCUT2D eigenvalue weighted by Gasteiger charge is -2.18. The summed E-state index contributed by atoms with van der Waals surface area (Å²) >= 11 is 0. The highest BCUT2D eigenvalue weighted by Crippen LogP contribution is 2.23. The van der Waals surface area contributed by atoms with Gasteiger partial charge in [0.25, 0.3) is 10.7 Å². The first-order valence-corrected chi connectivity index (χ1v) is 6.68. The van der Waals surface area contributed by atoms with Crippen molar-refractivity contribution in [1.29, 1.82) is 0 Å². The number of benzene rings is 1. The van der Waals surface area contributed by atoms with Crippen LogP contribution in [0.3, 0.4) is 0 Å². The smallest absolute Gasteiger partial charge is 0.163 e. The Morgan fingerprint density at radius 1 is 1.07 bits per heavy atom. The molecule has 78 valence electrons. The summed E-state index contributed by atoms with van der Waals surface area (Å²) in [6, 6.07) is 6.73. The fourth-order valence-corrected chi connectivity index (χ4v) is 1.92. The van der Waals surface area contributed by atoms with E-state index in [2.05, 4.69) is 31.5 Å². The van der Waals surface area contributed by atoms with Gasteiger partial charge in [0.1, 0.15) is 4.90 Å². The molecule has 0 aliphatic rings. The van der Waals surface area contributed by atoms with Gasteiger partial charge in [0.15, 0.2) is 0 Å². The molecule has 0 radical (unpaired) electrons. The van der Waals surface area contributed by atoms with Crippen molar-refractivity contribution >= 4 is 9.05 Å². The number of halogens is 1. The van der Waals surface area contributed by atoms with Crippen molar-refractivity contribution in [1.82, 2.24) is 0 Å². The third-order valence-corrected chi connectivity index (χ3v) is 3.44. The first-order chi connectivity index (χ1) is 6.21. The molecule has 0 bridgehead atoms. The summed E-state index contributed by atoms with van der Waals surface area (Å²) in [5.74, 6) is 0. The van der Waals surface area contributed by atoms with Crippen molar-refractivity contribution in [2.75, 3.05) is 0 Å². The zero-order valence-electron chi connectivity index (χ0n) is 8.44. The second kappa shape index (κ2) is 3.55. The van der Waals surface area contributed by atoms with Gasteiger partial charge in [-0.2, -0.15) is 8.42 Å². The molecule has 0 fully saturated rings.